The van der Waals surface area contributed by atoms with Gasteiger partial charge in [-0.3, -0.25) is 4.79 Å². The molecule has 3 rings (SSSR count). The quantitative estimate of drug-likeness (QED) is 0.606. The molecule has 0 unspecified atom stereocenters. The number of rotatable bonds is 6. The summed E-state index contributed by atoms with van der Waals surface area (Å²) < 4.78 is 0. The lowest BCUT2D eigenvalue weighted by Crippen LogP contribution is -2.07. The van der Waals surface area contributed by atoms with E-state index in [4.69, 9.17) is 0 Å². The standard InChI is InChI=1S/C21H23N5O/c1-14-4-6-17(7-5-14)13-22-21-23-15(2)12-20(26-21)25-19-10-8-18(9-11-19)24-16(3)27/h4-12H,13H2,1-3H3,(H,24,27)(H2,22,23,25,26). The molecule has 0 saturated carbocycles. The zero-order chi connectivity index (χ0) is 19.2. The molecule has 0 aliphatic heterocycles. The molecular formula is C21H23N5O. The zero-order valence-electron chi connectivity index (χ0n) is 15.7. The summed E-state index contributed by atoms with van der Waals surface area (Å²) in [6.07, 6.45) is 0. The van der Waals surface area contributed by atoms with Crippen LogP contribution in [0.25, 0.3) is 0 Å². The second-order valence-corrected chi connectivity index (χ2v) is 6.44. The van der Waals surface area contributed by atoms with Gasteiger partial charge in [0.25, 0.3) is 0 Å². The van der Waals surface area contributed by atoms with E-state index in [1.807, 2.05) is 37.3 Å². The van der Waals surface area contributed by atoms with E-state index in [-0.39, 0.29) is 5.91 Å². The molecule has 0 radical (unpaired) electrons. The van der Waals surface area contributed by atoms with Gasteiger partial charge in [-0.1, -0.05) is 29.8 Å². The number of benzene rings is 2. The average molecular weight is 361 g/mol. The van der Waals surface area contributed by atoms with Crippen LogP contribution in [-0.2, 0) is 11.3 Å². The number of hydrogen-bond acceptors (Lipinski definition) is 5. The minimum Gasteiger partial charge on any atom is -0.350 e. The van der Waals surface area contributed by atoms with E-state index in [0.717, 1.165) is 17.1 Å². The Kier molecular flexibility index (Phi) is 5.66. The van der Waals surface area contributed by atoms with Crippen molar-refractivity contribution in [2.24, 2.45) is 0 Å². The van der Waals surface area contributed by atoms with Crippen LogP contribution in [0, 0.1) is 13.8 Å². The summed E-state index contributed by atoms with van der Waals surface area (Å²) in [4.78, 5) is 20.1. The Morgan fingerprint density at radius 3 is 2.26 bits per heavy atom. The van der Waals surface area contributed by atoms with Gasteiger partial charge in [-0.2, -0.15) is 4.98 Å². The Morgan fingerprint density at radius 2 is 1.59 bits per heavy atom. The maximum absolute atomic E-state index is 11.1. The van der Waals surface area contributed by atoms with E-state index < -0.39 is 0 Å². The molecule has 6 heteroatoms. The number of aromatic nitrogens is 2. The van der Waals surface area contributed by atoms with Gasteiger partial charge in [-0.25, -0.2) is 4.98 Å². The molecule has 1 aromatic heterocycles. The summed E-state index contributed by atoms with van der Waals surface area (Å²) in [7, 11) is 0. The lowest BCUT2D eigenvalue weighted by atomic mass is 10.1. The van der Waals surface area contributed by atoms with Crippen molar-refractivity contribution in [1.29, 1.82) is 0 Å². The maximum atomic E-state index is 11.1. The summed E-state index contributed by atoms with van der Waals surface area (Å²) in [5.41, 5.74) is 4.92. The molecular weight excluding hydrogens is 338 g/mol. The van der Waals surface area contributed by atoms with Crippen molar-refractivity contribution in [3.8, 4) is 0 Å². The number of carbonyl (C=O) groups excluding carboxylic acids is 1. The SMILES string of the molecule is CC(=O)Nc1ccc(Nc2cc(C)nc(NCc3ccc(C)cc3)n2)cc1. The summed E-state index contributed by atoms with van der Waals surface area (Å²) in [5, 5.41) is 9.28. The van der Waals surface area contributed by atoms with Gasteiger partial charge in [0.15, 0.2) is 0 Å². The van der Waals surface area contributed by atoms with E-state index in [1.165, 1.54) is 18.1 Å². The van der Waals surface area contributed by atoms with Crippen LogP contribution >= 0.6 is 0 Å². The van der Waals surface area contributed by atoms with Gasteiger partial charge < -0.3 is 16.0 Å². The van der Waals surface area contributed by atoms with Crippen LogP contribution in [0.3, 0.4) is 0 Å². The molecule has 3 aromatic rings. The molecule has 6 nitrogen and oxygen atoms in total. The molecule has 1 heterocycles. The minimum atomic E-state index is -0.0913. The Labute approximate surface area is 159 Å². The fraction of sp³-hybridized carbons (Fsp3) is 0.190. The lowest BCUT2D eigenvalue weighted by Gasteiger charge is -2.11. The normalized spacial score (nSPS) is 10.3. The number of aryl methyl sites for hydroxylation is 2. The van der Waals surface area contributed by atoms with E-state index in [2.05, 4.69) is 57.1 Å². The molecule has 0 bridgehead atoms. The van der Waals surface area contributed by atoms with E-state index >= 15 is 0 Å². The average Bonchev–Trinajstić information content (AvgIpc) is 2.62. The second kappa shape index (κ2) is 8.31. The van der Waals surface area contributed by atoms with Crippen LogP contribution in [0.2, 0.25) is 0 Å². The molecule has 0 spiro atoms. The Balaban J connectivity index is 1.67. The Morgan fingerprint density at radius 1 is 0.926 bits per heavy atom. The predicted octanol–water partition coefficient (Wildman–Crippen LogP) is 4.41. The molecule has 138 valence electrons. The van der Waals surface area contributed by atoms with Crippen molar-refractivity contribution >= 4 is 29.0 Å². The van der Waals surface area contributed by atoms with Crippen molar-refractivity contribution in [2.75, 3.05) is 16.0 Å². The largest absolute Gasteiger partial charge is 0.350 e. The van der Waals surface area contributed by atoms with Crippen molar-refractivity contribution in [1.82, 2.24) is 9.97 Å². The van der Waals surface area contributed by atoms with Crippen molar-refractivity contribution < 1.29 is 4.79 Å². The number of nitrogens with one attached hydrogen (secondary N) is 3. The summed E-state index contributed by atoms with van der Waals surface area (Å²) in [5.74, 6) is 1.19. The Hall–Kier alpha value is -3.41. The first-order valence-corrected chi connectivity index (χ1v) is 8.78. The van der Waals surface area contributed by atoms with Gasteiger partial charge >= 0.3 is 0 Å². The third-order valence-electron chi connectivity index (χ3n) is 3.90. The van der Waals surface area contributed by atoms with Gasteiger partial charge in [0.05, 0.1) is 0 Å². The fourth-order valence-electron chi connectivity index (χ4n) is 2.59. The van der Waals surface area contributed by atoms with Crippen molar-refractivity contribution in [2.45, 2.75) is 27.3 Å². The third kappa shape index (κ3) is 5.54. The zero-order valence-corrected chi connectivity index (χ0v) is 15.7. The van der Waals surface area contributed by atoms with Crippen LogP contribution in [0.4, 0.5) is 23.1 Å². The summed E-state index contributed by atoms with van der Waals surface area (Å²) >= 11 is 0. The third-order valence-corrected chi connectivity index (χ3v) is 3.90. The highest BCUT2D eigenvalue weighted by atomic mass is 16.1. The number of carbonyl (C=O) groups is 1. The number of anilines is 4. The molecule has 27 heavy (non-hydrogen) atoms. The summed E-state index contributed by atoms with van der Waals surface area (Å²) in [6, 6.07) is 17.7. The van der Waals surface area contributed by atoms with Gasteiger partial charge in [0.1, 0.15) is 5.82 Å². The highest BCUT2D eigenvalue weighted by Crippen LogP contribution is 2.19. The Bertz CT molecular complexity index is 920. The van der Waals surface area contributed by atoms with Gasteiger partial charge in [-0.15, -0.1) is 0 Å². The number of amides is 1. The van der Waals surface area contributed by atoms with Crippen LogP contribution < -0.4 is 16.0 Å². The highest BCUT2D eigenvalue weighted by Gasteiger charge is 2.04. The molecule has 2 aromatic carbocycles. The first kappa shape index (κ1) is 18.4. The van der Waals surface area contributed by atoms with E-state index in [9.17, 15) is 4.79 Å². The van der Waals surface area contributed by atoms with E-state index in [0.29, 0.717) is 18.3 Å². The smallest absolute Gasteiger partial charge is 0.225 e. The van der Waals surface area contributed by atoms with Crippen LogP contribution in [0.5, 0.6) is 0 Å². The molecule has 1 amide bonds. The minimum absolute atomic E-state index is 0.0913. The molecule has 0 aliphatic rings. The number of hydrogen-bond donors (Lipinski definition) is 3. The lowest BCUT2D eigenvalue weighted by molar-refractivity contribution is -0.114. The second-order valence-electron chi connectivity index (χ2n) is 6.44. The van der Waals surface area contributed by atoms with Crippen molar-refractivity contribution in [3.05, 3.63) is 71.4 Å². The fourth-order valence-corrected chi connectivity index (χ4v) is 2.59. The maximum Gasteiger partial charge on any atom is 0.225 e. The summed E-state index contributed by atoms with van der Waals surface area (Å²) in [6.45, 7) is 6.15. The van der Waals surface area contributed by atoms with Crippen LogP contribution in [0.1, 0.15) is 23.7 Å². The number of nitrogens with zero attached hydrogens (tertiary/aromatic N) is 2. The molecule has 0 fully saturated rings. The van der Waals surface area contributed by atoms with Crippen LogP contribution in [-0.4, -0.2) is 15.9 Å². The first-order chi connectivity index (χ1) is 13.0. The molecule has 0 aliphatic carbocycles. The van der Waals surface area contributed by atoms with Crippen molar-refractivity contribution in [3.63, 3.8) is 0 Å². The topological polar surface area (TPSA) is 78.9 Å². The predicted molar refractivity (Wildman–Crippen MR) is 109 cm³/mol. The highest BCUT2D eigenvalue weighted by molar-refractivity contribution is 5.88. The molecule has 0 saturated heterocycles. The first-order valence-electron chi connectivity index (χ1n) is 8.78. The van der Waals surface area contributed by atoms with E-state index in [1.54, 1.807) is 0 Å². The monoisotopic (exact) mass is 361 g/mol. The van der Waals surface area contributed by atoms with Crippen LogP contribution in [0.15, 0.2) is 54.6 Å². The van der Waals surface area contributed by atoms with Gasteiger partial charge in [0, 0.05) is 36.6 Å². The molecule has 0 atom stereocenters. The van der Waals surface area contributed by atoms with Gasteiger partial charge in [0.2, 0.25) is 11.9 Å². The van der Waals surface area contributed by atoms with Gasteiger partial charge in [-0.05, 0) is 43.7 Å². The molecule has 3 N–H and O–H groups in total.